The SMILES string of the molecule is CC(=O)Nc1ccc(Nc2cc(C(=O)NCCN(C)C)ccn2)cc1. The average Bonchev–Trinajstić information content (AvgIpc) is 2.56. The van der Waals surface area contributed by atoms with Crippen LogP contribution in [0.25, 0.3) is 0 Å². The molecular weight excluding hydrogens is 318 g/mol. The highest BCUT2D eigenvalue weighted by Crippen LogP contribution is 2.18. The Morgan fingerprint density at radius 1 is 1.08 bits per heavy atom. The molecule has 0 atom stereocenters. The monoisotopic (exact) mass is 341 g/mol. The van der Waals surface area contributed by atoms with Crippen molar-refractivity contribution in [1.82, 2.24) is 15.2 Å². The minimum atomic E-state index is -0.131. The molecule has 1 heterocycles. The number of likely N-dealkylation sites (N-methyl/N-ethyl adjacent to an activating group) is 1. The Balaban J connectivity index is 1.98. The third-order valence-corrected chi connectivity index (χ3v) is 3.34. The number of amides is 2. The summed E-state index contributed by atoms with van der Waals surface area (Å²) in [5.74, 6) is 0.330. The standard InChI is InChI=1S/C18H23N5O2/c1-13(24)21-15-4-6-16(7-5-15)22-17-12-14(8-9-19-17)18(25)20-10-11-23(2)3/h4-9,12H,10-11H2,1-3H3,(H,19,22)(H,20,25)(H,21,24). The van der Waals surface area contributed by atoms with Gasteiger partial charge >= 0.3 is 0 Å². The first kappa shape index (κ1) is 18.4. The molecule has 0 saturated carbocycles. The molecule has 2 amide bonds. The molecule has 0 aliphatic carbocycles. The van der Waals surface area contributed by atoms with Gasteiger partial charge in [0, 0.05) is 43.1 Å². The maximum absolute atomic E-state index is 12.2. The number of carbonyl (C=O) groups excluding carboxylic acids is 2. The molecule has 0 unspecified atom stereocenters. The van der Waals surface area contributed by atoms with Crippen molar-refractivity contribution in [3.8, 4) is 0 Å². The van der Waals surface area contributed by atoms with Crippen LogP contribution in [-0.2, 0) is 4.79 Å². The summed E-state index contributed by atoms with van der Waals surface area (Å²) in [4.78, 5) is 29.4. The Labute approximate surface area is 147 Å². The quantitative estimate of drug-likeness (QED) is 0.718. The van der Waals surface area contributed by atoms with Gasteiger partial charge in [0.05, 0.1) is 0 Å². The predicted molar refractivity (Wildman–Crippen MR) is 99.2 cm³/mol. The van der Waals surface area contributed by atoms with Crippen LogP contribution in [0, 0.1) is 0 Å². The number of anilines is 3. The first-order chi connectivity index (χ1) is 11.9. The highest BCUT2D eigenvalue weighted by Gasteiger charge is 2.07. The fraction of sp³-hybridized carbons (Fsp3) is 0.278. The van der Waals surface area contributed by atoms with Crippen molar-refractivity contribution >= 4 is 29.0 Å². The largest absolute Gasteiger partial charge is 0.351 e. The number of aromatic nitrogens is 1. The van der Waals surface area contributed by atoms with Crippen molar-refractivity contribution in [2.75, 3.05) is 37.8 Å². The lowest BCUT2D eigenvalue weighted by molar-refractivity contribution is -0.114. The van der Waals surface area contributed by atoms with Crippen LogP contribution in [0.3, 0.4) is 0 Å². The third kappa shape index (κ3) is 6.23. The molecule has 3 N–H and O–H groups in total. The number of pyridine rings is 1. The Kier molecular flexibility index (Phi) is 6.47. The molecule has 0 spiro atoms. The van der Waals surface area contributed by atoms with E-state index in [-0.39, 0.29) is 11.8 Å². The van der Waals surface area contributed by atoms with E-state index in [4.69, 9.17) is 0 Å². The maximum Gasteiger partial charge on any atom is 0.251 e. The summed E-state index contributed by atoms with van der Waals surface area (Å²) in [6.07, 6.45) is 1.59. The van der Waals surface area contributed by atoms with E-state index in [1.807, 2.05) is 31.1 Å². The summed E-state index contributed by atoms with van der Waals surface area (Å²) in [5, 5.41) is 8.72. The number of hydrogen-bond donors (Lipinski definition) is 3. The number of benzene rings is 1. The minimum Gasteiger partial charge on any atom is -0.351 e. The molecular formula is C18H23N5O2. The fourth-order valence-corrected chi connectivity index (χ4v) is 2.12. The molecule has 25 heavy (non-hydrogen) atoms. The highest BCUT2D eigenvalue weighted by atomic mass is 16.2. The molecule has 0 saturated heterocycles. The number of nitrogens with one attached hydrogen (secondary N) is 3. The van der Waals surface area contributed by atoms with Gasteiger partial charge in [-0.2, -0.15) is 0 Å². The van der Waals surface area contributed by atoms with Crippen molar-refractivity contribution in [2.45, 2.75) is 6.92 Å². The van der Waals surface area contributed by atoms with Crippen molar-refractivity contribution in [1.29, 1.82) is 0 Å². The molecule has 0 aliphatic rings. The van der Waals surface area contributed by atoms with Gasteiger partial charge in [0.2, 0.25) is 5.91 Å². The molecule has 1 aromatic heterocycles. The summed E-state index contributed by atoms with van der Waals surface area (Å²) in [6.45, 7) is 2.83. The van der Waals surface area contributed by atoms with E-state index in [1.54, 1.807) is 30.5 Å². The lowest BCUT2D eigenvalue weighted by atomic mass is 10.2. The van der Waals surface area contributed by atoms with Gasteiger partial charge in [0.15, 0.2) is 0 Å². The first-order valence-corrected chi connectivity index (χ1v) is 7.97. The lowest BCUT2D eigenvalue weighted by Crippen LogP contribution is -2.31. The van der Waals surface area contributed by atoms with Gasteiger partial charge in [-0.05, 0) is 50.5 Å². The van der Waals surface area contributed by atoms with Crippen molar-refractivity contribution in [2.24, 2.45) is 0 Å². The van der Waals surface area contributed by atoms with E-state index < -0.39 is 0 Å². The smallest absolute Gasteiger partial charge is 0.251 e. The Morgan fingerprint density at radius 2 is 1.76 bits per heavy atom. The Morgan fingerprint density at radius 3 is 2.40 bits per heavy atom. The third-order valence-electron chi connectivity index (χ3n) is 3.34. The zero-order chi connectivity index (χ0) is 18.2. The van der Waals surface area contributed by atoms with E-state index in [2.05, 4.69) is 20.9 Å². The van der Waals surface area contributed by atoms with Crippen molar-refractivity contribution < 1.29 is 9.59 Å². The maximum atomic E-state index is 12.2. The molecule has 2 aromatic rings. The Bertz CT molecular complexity index is 729. The van der Waals surface area contributed by atoms with Crippen LogP contribution in [0.1, 0.15) is 17.3 Å². The van der Waals surface area contributed by atoms with Crippen LogP contribution < -0.4 is 16.0 Å². The fourth-order valence-electron chi connectivity index (χ4n) is 2.12. The van der Waals surface area contributed by atoms with E-state index >= 15 is 0 Å². The number of hydrogen-bond acceptors (Lipinski definition) is 5. The van der Waals surface area contributed by atoms with Gasteiger partial charge in [0.1, 0.15) is 5.82 Å². The van der Waals surface area contributed by atoms with E-state index in [1.165, 1.54) is 6.92 Å². The van der Waals surface area contributed by atoms with E-state index in [0.29, 0.717) is 17.9 Å². The normalized spacial score (nSPS) is 10.4. The second-order valence-corrected chi connectivity index (χ2v) is 5.87. The lowest BCUT2D eigenvalue weighted by Gasteiger charge is -2.11. The van der Waals surface area contributed by atoms with Gasteiger partial charge in [-0.25, -0.2) is 4.98 Å². The van der Waals surface area contributed by atoms with Crippen LogP contribution in [0.15, 0.2) is 42.6 Å². The molecule has 2 rings (SSSR count). The number of nitrogens with zero attached hydrogens (tertiary/aromatic N) is 2. The summed E-state index contributed by atoms with van der Waals surface area (Å²) in [7, 11) is 3.91. The molecule has 132 valence electrons. The second kappa shape index (κ2) is 8.79. The minimum absolute atomic E-state index is 0.115. The van der Waals surface area contributed by atoms with Gasteiger partial charge in [0.25, 0.3) is 5.91 Å². The van der Waals surface area contributed by atoms with Gasteiger partial charge in [-0.1, -0.05) is 0 Å². The summed E-state index contributed by atoms with van der Waals surface area (Å²) >= 11 is 0. The van der Waals surface area contributed by atoms with Crippen LogP contribution in [0.4, 0.5) is 17.2 Å². The van der Waals surface area contributed by atoms with E-state index in [9.17, 15) is 9.59 Å². The van der Waals surface area contributed by atoms with Crippen LogP contribution in [0.2, 0.25) is 0 Å². The predicted octanol–water partition coefficient (Wildman–Crippen LogP) is 2.07. The zero-order valence-corrected chi connectivity index (χ0v) is 14.7. The number of rotatable bonds is 7. The average molecular weight is 341 g/mol. The zero-order valence-electron chi connectivity index (χ0n) is 14.7. The van der Waals surface area contributed by atoms with Gasteiger partial charge in [-0.3, -0.25) is 9.59 Å². The summed E-state index contributed by atoms with van der Waals surface area (Å²) < 4.78 is 0. The van der Waals surface area contributed by atoms with E-state index in [0.717, 1.165) is 17.9 Å². The molecule has 7 nitrogen and oxygen atoms in total. The molecule has 0 aliphatic heterocycles. The van der Waals surface area contributed by atoms with Crippen molar-refractivity contribution in [3.63, 3.8) is 0 Å². The summed E-state index contributed by atoms with van der Waals surface area (Å²) in [6, 6.07) is 10.6. The molecule has 0 fully saturated rings. The highest BCUT2D eigenvalue weighted by molar-refractivity contribution is 5.95. The molecule has 0 bridgehead atoms. The van der Waals surface area contributed by atoms with Gasteiger partial charge in [-0.15, -0.1) is 0 Å². The van der Waals surface area contributed by atoms with Gasteiger partial charge < -0.3 is 20.9 Å². The molecule has 0 radical (unpaired) electrons. The number of carbonyl (C=O) groups is 2. The Hall–Kier alpha value is -2.93. The molecule has 7 heteroatoms. The second-order valence-electron chi connectivity index (χ2n) is 5.87. The van der Waals surface area contributed by atoms with Crippen LogP contribution >= 0.6 is 0 Å². The summed E-state index contributed by atoms with van der Waals surface area (Å²) in [5.41, 5.74) is 2.08. The topological polar surface area (TPSA) is 86.4 Å². The first-order valence-electron chi connectivity index (χ1n) is 7.97. The van der Waals surface area contributed by atoms with Crippen LogP contribution in [0.5, 0.6) is 0 Å². The van der Waals surface area contributed by atoms with Crippen LogP contribution in [-0.4, -0.2) is 48.9 Å². The van der Waals surface area contributed by atoms with Crippen molar-refractivity contribution in [3.05, 3.63) is 48.2 Å². The molecule has 1 aromatic carbocycles.